The first kappa shape index (κ1) is 17.3. The molecule has 0 bridgehead atoms. The molecule has 3 aromatic heterocycles. The molecule has 28 heavy (non-hydrogen) atoms. The molecule has 1 N–H and O–H groups in total. The third kappa shape index (κ3) is 2.76. The molecule has 0 spiro atoms. The van der Waals surface area contributed by atoms with Crippen LogP contribution in [-0.4, -0.2) is 55.7 Å². The van der Waals surface area contributed by atoms with Gasteiger partial charge in [0.25, 0.3) is 0 Å². The summed E-state index contributed by atoms with van der Waals surface area (Å²) in [6.45, 7) is 3.30. The number of thiazole rings is 1. The van der Waals surface area contributed by atoms with E-state index in [1.165, 1.54) is 11.3 Å². The highest BCUT2D eigenvalue weighted by atomic mass is 32.1. The van der Waals surface area contributed by atoms with Crippen molar-refractivity contribution >= 4 is 28.7 Å². The van der Waals surface area contributed by atoms with Crippen LogP contribution in [-0.2, 0) is 9.53 Å². The number of hydrogen-bond donors (Lipinski definition) is 1. The van der Waals surface area contributed by atoms with Gasteiger partial charge in [0.15, 0.2) is 16.6 Å². The number of nitrogens with one attached hydrogen (secondary N) is 1. The Balaban J connectivity index is 1.61. The number of fused-ring (bicyclic) bond motifs is 1. The minimum absolute atomic E-state index is 0.0237. The number of hydrogen-bond acceptors (Lipinski definition) is 8. The highest BCUT2D eigenvalue weighted by Gasteiger charge is 2.39. The Morgan fingerprint density at radius 2 is 2.25 bits per heavy atom. The molecule has 2 aliphatic rings. The molecule has 1 amide bonds. The van der Waals surface area contributed by atoms with Crippen molar-refractivity contribution < 1.29 is 9.53 Å². The first-order valence-electron chi connectivity index (χ1n) is 9.24. The number of carbonyl (C=O) groups excluding carboxylic acids is 1. The van der Waals surface area contributed by atoms with Gasteiger partial charge in [-0.1, -0.05) is 6.92 Å². The van der Waals surface area contributed by atoms with E-state index < -0.39 is 0 Å². The Kier molecular flexibility index (Phi) is 4.29. The molecular formula is C18H19N7O2S. The van der Waals surface area contributed by atoms with E-state index in [1.54, 1.807) is 18.6 Å². The molecule has 2 atom stereocenters. The Morgan fingerprint density at radius 1 is 1.32 bits per heavy atom. The van der Waals surface area contributed by atoms with Crippen molar-refractivity contribution in [3.63, 3.8) is 0 Å². The summed E-state index contributed by atoms with van der Waals surface area (Å²) in [7, 11) is 0. The standard InChI is InChI=1S/C18H19N7O2S/c1-2-13-16(26)22-12-9-21-18(23-14(12)25(13)11-3-7-27-10-11)24-6-4-19-15(24)17-20-5-8-28-17/h4-6,8-9,11,13H,2-3,7,10H2,1H3,(H,22,26). The average Bonchev–Trinajstić information content (AvgIpc) is 3.48. The SMILES string of the molecule is CCC1C(=O)Nc2cnc(-n3ccnc3-c3nccs3)nc2N1C1CCOC1. The maximum Gasteiger partial charge on any atom is 0.247 e. The second kappa shape index (κ2) is 6.95. The molecule has 5 heterocycles. The van der Waals surface area contributed by atoms with Crippen molar-refractivity contribution in [2.45, 2.75) is 31.8 Å². The lowest BCUT2D eigenvalue weighted by molar-refractivity contribution is -0.117. The minimum atomic E-state index is -0.275. The number of rotatable bonds is 4. The van der Waals surface area contributed by atoms with Gasteiger partial charge in [0, 0.05) is 30.6 Å². The van der Waals surface area contributed by atoms with E-state index in [2.05, 4.69) is 25.2 Å². The number of carbonyl (C=O) groups is 1. The van der Waals surface area contributed by atoms with E-state index in [9.17, 15) is 4.79 Å². The van der Waals surface area contributed by atoms with E-state index in [0.717, 1.165) is 17.2 Å². The van der Waals surface area contributed by atoms with Crippen LogP contribution in [0.2, 0.25) is 0 Å². The normalized spacial score (nSPS) is 21.6. The van der Waals surface area contributed by atoms with Gasteiger partial charge >= 0.3 is 0 Å². The van der Waals surface area contributed by atoms with Crippen LogP contribution in [0.1, 0.15) is 19.8 Å². The van der Waals surface area contributed by atoms with Crippen molar-refractivity contribution in [2.24, 2.45) is 0 Å². The lowest BCUT2D eigenvalue weighted by Gasteiger charge is -2.39. The van der Waals surface area contributed by atoms with Gasteiger partial charge in [0.2, 0.25) is 11.9 Å². The van der Waals surface area contributed by atoms with Gasteiger partial charge in [0.1, 0.15) is 11.7 Å². The van der Waals surface area contributed by atoms with Crippen LogP contribution < -0.4 is 10.2 Å². The van der Waals surface area contributed by atoms with Gasteiger partial charge in [-0.15, -0.1) is 11.3 Å². The van der Waals surface area contributed by atoms with Crippen molar-refractivity contribution in [3.05, 3.63) is 30.2 Å². The summed E-state index contributed by atoms with van der Waals surface area (Å²) in [4.78, 5) is 32.8. The number of imidazole rings is 1. The van der Waals surface area contributed by atoms with Crippen LogP contribution in [0.15, 0.2) is 30.2 Å². The van der Waals surface area contributed by atoms with E-state index in [0.29, 0.717) is 37.1 Å². The lowest BCUT2D eigenvalue weighted by Crippen LogP contribution is -2.53. The van der Waals surface area contributed by atoms with E-state index >= 15 is 0 Å². The fraction of sp³-hybridized carbons (Fsp3) is 0.389. The molecule has 0 aliphatic carbocycles. The third-order valence-corrected chi connectivity index (χ3v) is 5.83. The highest BCUT2D eigenvalue weighted by molar-refractivity contribution is 7.13. The van der Waals surface area contributed by atoms with Gasteiger partial charge in [-0.3, -0.25) is 9.36 Å². The van der Waals surface area contributed by atoms with Gasteiger partial charge in [0.05, 0.1) is 18.8 Å². The number of nitrogens with zero attached hydrogens (tertiary/aromatic N) is 6. The molecule has 1 fully saturated rings. The van der Waals surface area contributed by atoms with Crippen molar-refractivity contribution in [2.75, 3.05) is 23.4 Å². The van der Waals surface area contributed by atoms with Crippen LogP contribution in [0.25, 0.3) is 16.8 Å². The first-order chi connectivity index (χ1) is 13.8. The van der Waals surface area contributed by atoms with Gasteiger partial charge in [-0.2, -0.15) is 4.98 Å². The molecule has 0 saturated carbocycles. The maximum absolute atomic E-state index is 12.6. The van der Waals surface area contributed by atoms with Gasteiger partial charge in [-0.05, 0) is 12.8 Å². The Hall–Kier alpha value is -2.85. The molecule has 2 unspecified atom stereocenters. The lowest BCUT2D eigenvalue weighted by atomic mass is 10.0. The molecular weight excluding hydrogens is 378 g/mol. The Bertz CT molecular complexity index is 997. The molecule has 2 aliphatic heterocycles. The molecule has 0 radical (unpaired) electrons. The van der Waals surface area contributed by atoms with E-state index in [4.69, 9.17) is 9.72 Å². The zero-order valence-electron chi connectivity index (χ0n) is 15.3. The summed E-state index contributed by atoms with van der Waals surface area (Å²) in [6, 6.07) is -0.151. The fourth-order valence-corrected chi connectivity index (χ4v) is 4.39. The van der Waals surface area contributed by atoms with Crippen molar-refractivity contribution in [1.29, 1.82) is 0 Å². The smallest absolute Gasteiger partial charge is 0.247 e. The molecule has 3 aromatic rings. The molecule has 5 rings (SSSR count). The summed E-state index contributed by atoms with van der Waals surface area (Å²) >= 11 is 1.51. The largest absolute Gasteiger partial charge is 0.379 e. The quantitative estimate of drug-likeness (QED) is 0.720. The summed E-state index contributed by atoms with van der Waals surface area (Å²) in [5.74, 6) is 1.89. The van der Waals surface area contributed by atoms with Crippen LogP contribution in [0.4, 0.5) is 11.5 Å². The number of ether oxygens (including phenoxy) is 1. The predicted molar refractivity (Wildman–Crippen MR) is 105 cm³/mol. The summed E-state index contributed by atoms with van der Waals surface area (Å²) in [5, 5.41) is 5.65. The summed E-state index contributed by atoms with van der Waals surface area (Å²) in [5.41, 5.74) is 0.626. The van der Waals surface area contributed by atoms with Crippen LogP contribution in [0.3, 0.4) is 0 Å². The highest BCUT2D eigenvalue weighted by Crippen LogP contribution is 2.35. The predicted octanol–water partition coefficient (Wildman–Crippen LogP) is 2.11. The van der Waals surface area contributed by atoms with Gasteiger partial charge < -0.3 is 15.0 Å². The van der Waals surface area contributed by atoms with Crippen molar-refractivity contribution in [3.8, 4) is 16.8 Å². The van der Waals surface area contributed by atoms with Crippen molar-refractivity contribution in [1.82, 2.24) is 24.5 Å². The summed E-state index contributed by atoms with van der Waals surface area (Å²) < 4.78 is 7.40. The second-order valence-corrected chi connectivity index (χ2v) is 7.60. The zero-order chi connectivity index (χ0) is 19.1. The van der Waals surface area contributed by atoms with Crippen LogP contribution in [0.5, 0.6) is 0 Å². The molecule has 9 nitrogen and oxygen atoms in total. The number of amides is 1. The monoisotopic (exact) mass is 397 g/mol. The fourth-order valence-electron chi connectivity index (χ4n) is 3.76. The second-order valence-electron chi connectivity index (χ2n) is 6.70. The molecule has 144 valence electrons. The van der Waals surface area contributed by atoms with Gasteiger partial charge in [-0.25, -0.2) is 15.0 Å². The zero-order valence-corrected chi connectivity index (χ0v) is 16.1. The molecule has 1 saturated heterocycles. The van der Waals surface area contributed by atoms with E-state index in [1.807, 2.05) is 23.1 Å². The van der Waals surface area contributed by atoms with Crippen LogP contribution >= 0.6 is 11.3 Å². The Morgan fingerprint density at radius 3 is 3.00 bits per heavy atom. The number of anilines is 2. The minimum Gasteiger partial charge on any atom is -0.379 e. The van der Waals surface area contributed by atoms with Crippen LogP contribution in [0, 0.1) is 0 Å². The molecule has 10 heteroatoms. The average molecular weight is 397 g/mol. The summed E-state index contributed by atoms with van der Waals surface area (Å²) in [6.07, 6.45) is 8.50. The maximum atomic E-state index is 12.6. The third-order valence-electron chi connectivity index (χ3n) is 5.06. The number of aromatic nitrogens is 5. The molecule has 0 aromatic carbocycles. The Labute approximate surface area is 165 Å². The first-order valence-corrected chi connectivity index (χ1v) is 10.1. The van der Waals surface area contributed by atoms with E-state index in [-0.39, 0.29) is 18.0 Å². The topological polar surface area (TPSA) is 98.1 Å².